The van der Waals surface area contributed by atoms with Gasteiger partial charge in [-0.15, -0.1) is 0 Å². The molecule has 1 atom stereocenters. The Morgan fingerprint density at radius 2 is 2.06 bits per heavy atom. The van der Waals surface area contributed by atoms with E-state index < -0.39 is 6.10 Å². The van der Waals surface area contributed by atoms with Gasteiger partial charge in [0.15, 0.2) is 0 Å². The van der Waals surface area contributed by atoms with Crippen molar-refractivity contribution in [3.05, 3.63) is 58.5 Å². The summed E-state index contributed by atoms with van der Waals surface area (Å²) in [6.07, 6.45) is 0.958. The third-order valence-electron chi connectivity index (χ3n) is 2.48. The van der Waals surface area contributed by atoms with E-state index in [-0.39, 0.29) is 0 Å². The molecular weight excluding hydrogens is 282 g/mol. The number of aliphatic hydroxyl groups is 1. The van der Waals surface area contributed by atoms with Crippen LogP contribution in [0.2, 0.25) is 0 Å². The van der Waals surface area contributed by atoms with E-state index in [0.29, 0.717) is 18.8 Å². The summed E-state index contributed by atoms with van der Waals surface area (Å²) in [6, 6.07) is 11.5. The van der Waals surface area contributed by atoms with Crippen LogP contribution >= 0.6 is 15.9 Å². The van der Waals surface area contributed by atoms with Crippen molar-refractivity contribution in [2.75, 3.05) is 6.54 Å². The summed E-state index contributed by atoms with van der Waals surface area (Å²) < 4.78 is 6.19. The largest absolute Gasteiger partial charge is 0.467 e. The van der Waals surface area contributed by atoms with Crippen molar-refractivity contribution in [3.8, 4) is 0 Å². The quantitative estimate of drug-likeness (QED) is 0.892. The number of hydrogen-bond acceptors (Lipinski definition) is 3. The molecule has 0 fully saturated rings. The summed E-state index contributed by atoms with van der Waals surface area (Å²) in [7, 11) is 0. The van der Waals surface area contributed by atoms with E-state index in [0.717, 1.165) is 4.47 Å². The molecule has 1 aromatic carbocycles. The van der Waals surface area contributed by atoms with Crippen LogP contribution in [0.3, 0.4) is 0 Å². The molecule has 4 heteroatoms. The number of benzene rings is 1. The second kappa shape index (κ2) is 6.00. The number of nitrogens with one attached hydrogen (secondary N) is 1. The van der Waals surface area contributed by atoms with Crippen LogP contribution in [0.25, 0.3) is 0 Å². The first-order valence-electron chi connectivity index (χ1n) is 5.43. The maximum absolute atomic E-state index is 9.79. The zero-order chi connectivity index (χ0) is 12.1. The van der Waals surface area contributed by atoms with Crippen LogP contribution in [0.15, 0.2) is 51.6 Å². The Balaban J connectivity index is 1.82. The van der Waals surface area contributed by atoms with Gasteiger partial charge in [-0.1, -0.05) is 34.1 Å². The zero-order valence-electron chi connectivity index (χ0n) is 9.27. The molecule has 0 amide bonds. The number of rotatable bonds is 5. The van der Waals surface area contributed by atoms with E-state index in [4.69, 9.17) is 4.42 Å². The van der Waals surface area contributed by atoms with Gasteiger partial charge in [0.2, 0.25) is 0 Å². The number of halogens is 1. The summed E-state index contributed by atoms with van der Waals surface area (Å²) in [5.74, 6) is 0.588. The summed E-state index contributed by atoms with van der Waals surface area (Å²) in [5, 5.41) is 13.0. The SMILES string of the molecule is OC(CNCc1ccccc1Br)c1ccco1. The highest BCUT2D eigenvalue weighted by molar-refractivity contribution is 9.10. The Hall–Kier alpha value is -1.10. The molecule has 0 aliphatic heterocycles. The van der Waals surface area contributed by atoms with E-state index in [9.17, 15) is 5.11 Å². The lowest BCUT2D eigenvalue weighted by molar-refractivity contribution is 0.147. The average Bonchev–Trinajstić information content (AvgIpc) is 2.85. The van der Waals surface area contributed by atoms with Gasteiger partial charge in [-0.3, -0.25) is 0 Å². The molecule has 2 aromatic rings. The van der Waals surface area contributed by atoms with Crippen LogP contribution in [0.5, 0.6) is 0 Å². The van der Waals surface area contributed by atoms with Crippen molar-refractivity contribution >= 4 is 15.9 Å². The molecule has 0 saturated carbocycles. The lowest BCUT2D eigenvalue weighted by Gasteiger charge is -2.10. The molecule has 2 rings (SSSR count). The third kappa shape index (κ3) is 3.43. The summed E-state index contributed by atoms with van der Waals surface area (Å²) in [6.45, 7) is 1.17. The van der Waals surface area contributed by atoms with E-state index in [1.807, 2.05) is 24.3 Å². The summed E-state index contributed by atoms with van der Waals surface area (Å²) >= 11 is 3.48. The molecule has 1 heterocycles. The van der Waals surface area contributed by atoms with Crippen molar-refractivity contribution in [1.82, 2.24) is 5.32 Å². The molecular formula is C13H14BrNO2. The second-order valence-electron chi connectivity index (χ2n) is 3.75. The predicted octanol–water partition coefficient (Wildman–Crippen LogP) is 2.87. The van der Waals surface area contributed by atoms with Gasteiger partial charge in [-0.05, 0) is 23.8 Å². The fourth-order valence-electron chi connectivity index (χ4n) is 1.57. The first-order valence-corrected chi connectivity index (χ1v) is 6.22. The lowest BCUT2D eigenvalue weighted by atomic mass is 10.2. The number of hydrogen-bond donors (Lipinski definition) is 2. The molecule has 1 aromatic heterocycles. The minimum atomic E-state index is -0.604. The minimum Gasteiger partial charge on any atom is -0.467 e. The number of furan rings is 1. The highest BCUT2D eigenvalue weighted by atomic mass is 79.9. The van der Waals surface area contributed by atoms with Crippen LogP contribution in [0.4, 0.5) is 0 Å². The van der Waals surface area contributed by atoms with Gasteiger partial charge in [0.05, 0.1) is 6.26 Å². The Morgan fingerprint density at radius 3 is 2.76 bits per heavy atom. The maximum atomic E-state index is 9.79. The first-order chi connectivity index (χ1) is 8.27. The van der Waals surface area contributed by atoms with Gasteiger partial charge < -0.3 is 14.8 Å². The lowest BCUT2D eigenvalue weighted by Crippen LogP contribution is -2.20. The molecule has 1 unspecified atom stereocenters. The Kier molecular flexibility index (Phi) is 4.36. The van der Waals surface area contributed by atoms with Gasteiger partial charge >= 0.3 is 0 Å². The van der Waals surface area contributed by atoms with Crippen molar-refractivity contribution in [2.24, 2.45) is 0 Å². The second-order valence-corrected chi connectivity index (χ2v) is 4.61. The summed E-state index contributed by atoms with van der Waals surface area (Å²) in [5.41, 5.74) is 1.17. The Morgan fingerprint density at radius 1 is 1.24 bits per heavy atom. The van der Waals surface area contributed by atoms with Gasteiger partial charge in [-0.2, -0.15) is 0 Å². The molecule has 0 aliphatic rings. The highest BCUT2D eigenvalue weighted by Gasteiger charge is 2.09. The molecule has 0 spiro atoms. The minimum absolute atomic E-state index is 0.467. The van der Waals surface area contributed by atoms with Gasteiger partial charge in [0, 0.05) is 17.6 Å². The van der Waals surface area contributed by atoms with Crippen molar-refractivity contribution < 1.29 is 9.52 Å². The summed E-state index contributed by atoms with van der Waals surface area (Å²) in [4.78, 5) is 0. The molecule has 0 saturated heterocycles. The van der Waals surface area contributed by atoms with Crippen LogP contribution in [0, 0.1) is 0 Å². The molecule has 90 valence electrons. The fourth-order valence-corrected chi connectivity index (χ4v) is 1.99. The van der Waals surface area contributed by atoms with Gasteiger partial charge in [0.25, 0.3) is 0 Å². The Labute approximate surface area is 109 Å². The average molecular weight is 296 g/mol. The van der Waals surface area contributed by atoms with Gasteiger partial charge in [0.1, 0.15) is 11.9 Å². The number of aliphatic hydroxyl groups excluding tert-OH is 1. The monoisotopic (exact) mass is 295 g/mol. The van der Waals surface area contributed by atoms with E-state index >= 15 is 0 Å². The smallest absolute Gasteiger partial charge is 0.133 e. The van der Waals surface area contributed by atoms with Crippen LogP contribution in [0.1, 0.15) is 17.4 Å². The van der Waals surface area contributed by atoms with E-state index in [1.54, 1.807) is 18.4 Å². The standard InChI is InChI=1S/C13H14BrNO2/c14-11-5-2-1-4-10(11)8-15-9-12(16)13-6-3-7-17-13/h1-7,12,15-16H,8-9H2. The highest BCUT2D eigenvalue weighted by Crippen LogP contribution is 2.16. The van der Waals surface area contributed by atoms with Gasteiger partial charge in [-0.25, -0.2) is 0 Å². The molecule has 3 nitrogen and oxygen atoms in total. The molecule has 0 radical (unpaired) electrons. The fraction of sp³-hybridized carbons (Fsp3) is 0.231. The third-order valence-corrected chi connectivity index (χ3v) is 3.26. The van der Waals surface area contributed by atoms with Crippen molar-refractivity contribution in [3.63, 3.8) is 0 Å². The van der Waals surface area contributed by atoms with Crippen molar-refractivity contribution in [2.45, 2.75) is 12.6 Å². The van der Waals surface area contributed by atoms with Crippen LogP contribution < -0.4 is 5.32 Å². The molecule has 17 heavy (non-hydrogen) atoms. The zero-order valence-corrected chi connectivity index (χ0v) is 10.9. The normalized spacial score (nSPS) is 12.6. The molecule has 0 aliphatic carbocycles. The maximum Gasteiger partial charge on any atom is 0.133 e. The van der Waals surface area contributed by atoms with Crippen molar-refractivity contribution in [1.29, 1.82) is 0 Å². The Bertz CT molecular complexity index is 456. The molecule has 0 bridgehead atoms. The van der Waals surface area contributed by atoms with E-state index in [1.165, 1.54) is 5.56 Å². The van der Waals surface area contributed by atoms with Crippen LogP contribution in [-0.2, 0) is 6.54 Å². The predicted molar refractivity (Wildman–Crippen MR) is 69.5 cm³/mol. The molecule has 2 N–H and O–H groups in total. The van der Waals surface area contributed by atoms with Crippen LogP contribution in [-0.4, -0.2) is 11.7 Å². The first kappa shape index (κ1) is 12.4. The van der Waals surface area contributed by atoms with E-state index in [2.05, 4.69) is 21.2 Å². The topological polar surface area (TPSA) is 45.4 Å².